The van der Waals surface area contributed by atoms with Crippen molar-refractivity contribution in [2.45, 2.75) is 11.8 Å². The fraction of sp³-hybridized carbons (Fsp3) is 0.176. The molecule has 0 radical (unpaired) electrons. The minimum Gasteiger partial charge on any atom is -0.482 e. The molecule has 0 saturated heterocycles. The Morgan fingerprint density at radius 3 is 2.60 bits per heavy atom. The highest BCUT2D eigenvalue weighted by Gasteiger charge is 2.11. The number of nitrogens with zero attached hydrogens (tertiary/aromatic N) is 1. The number of carbonyl (C=O) groups is 1. The maximum atomic E-state index is 12.1. The van der Waals surface area contributed by atoms with Crippen LogP contribution >= 0.6 is 0 Å². The SMILES string of the molecule is COC(=O)COc1cccc(/C=N\NS(=O)(=O)c2ccc(C)cc2)c1. The summed E-state index contributed by atoms with van der Waals surface area (Å²) < 4.78 is 34.0. The van der Waals surface area contributed by atoms with Crippen molar-refractivity contribution in [3.63, 3.8) is 0 Å². The molecule has 0 aliphatic heterocycles. The lowest BCUT2D eigenvalue weighted by atomic mass is 10.2. The Morgan fingerprint density at radius 1 is 1.20 bits per heavy atom. The van der Waals surface area contributed by atoms with Gasteiger partial charge in [-0.1, -0.05) is 29.8 Å². The average Bonchev–Trinajstić information content (AvgIpc) is 2.60. The van der Waals surface area contributed by atoms with Crippen LogP contribution in [0.25, 0.3) is 0 Å². The number of hydrogen-bond donors (Lipinski definition) is 1. The summed E-state index contributed by atoms with van der Waals surface area (Å²) >= 11 is 0. The molecule has 2 aromatic carbocycles. The predicted octanol–water partition coefficient (Wildman–Crippen LogP) is 1.86. The number of sulfonamides is 1. The quantitative estimate of drug-likeness (QED) is 0.461. The summed E-state index contributed by atoms with van der Waals surface area (Å²) in [6.45, 7) is 1.66. The molecule has 2 rings (SSSR count). The van der Waals surface area contributed by atoms with E-state index in [0.29, 0.717) is 11.3 Å². The molecule has 0 aliphatic rings. The topological polar surface area (TPSA) is 94.1 Å². The van der Waals surface area contributed by atoms with Crippen LogP contribution in [0.2, 0.25) is 0 Å². The fourth-order valence-electron chi connectivity index (χ4n) is 1.83. The van der Waals surface area contributed by atoms with Gasteiger partial charge in [-0.05, 0) is 36.8 Å². The number of aryl methyl sites for hydroxylation is 1. The molecule has 25 heavy (non-hydrogen) atoms. The van der Waals surface area contributed by atoms with Crippen LogP contribution in [0.4, 0.5) is 0 Å². The molecule has 0 heterocycles. The Bertz CT molecular complexity index is 861. The zero-order valence-corrected chi connectivity index (χ0v) is 14.6. The summed E-state index contributed by atoms with van der Waals surface area (Å²) in [5.41, 5.74) is 1.57. The van der Waals surface area contributed by atoms with E-state index in [0.717, 1.165) is 5.56 Å². The maximum absolute atomic E-state index is 12.1. The maximum Gasteiger partial charge on any atom is 0.343 e. The van der Waals surface area contributed by atoms with Gasteiger partial charge in [0.2, 0.25) is 0 Å². The van der Waals surface area contributed by atoms with Gasteiger partial charge in [0.25, 0.3) is 10.0 Å². The van der Waals surface area contributed by atoms with E-state index in [1.165, 1.54) is 25.5 Å². The van der Waals surface area contributed by atoms with Crippen LogP contribution in [0.15, 0.2) is 58.5 Å². The molecule has 0 saturated carbocycles. The molecular formula is C17H18N2O5S. The van der Waals surface area contributed by atoms with Crippen molar-refractivity contribution in [1.82, 2.24) is 4.83 Å². The first-order chi connectivity index (χ1) is 11.9. The van der Waals surface area contributed by atoms with Gasteiger partial charge in [0, 0.05) is 0 Å². The van der Waals surface area contributed by atoms with Crippen LogP contribution in [0, 0.1) is 6.92 Å². The predicted molar refractivity (Wildman–Crippen MR) is 93.0 cm³/mol. The minimum atomic E-state index is -3.72. The normalized spacial score (nSPS) is 11.3. The number of carbonyl (C=O) groups excluding carboxylic acids is 1. The van der Waals surface area contributed by atoms with Gasteiger partial charge in [-0.3, -0.25) is 0 Å². The lowest BCUT2D eigenvalue weighted by Gasteiger charge is -2.05. The van der Waals surface area contributed by atoms with Crippen molar-refractivity contribution in [3.8, 4) is 5.75 Å². The van der Waals surface area contributed by atoms with Gasteiger partial charge in [0.1, 0.15) is 5.75 Å². The molecule has 0 fully saturated rings. The molecule has 0 amide bonds. The van der Waals surface area contributed by atoms with Crippen molar-refractivity contribution < 1.29 is 22.7 Å². The molecule has 0 spiro atoms. The third-order valence-corrected chi connectivity index (χ3v) is 4.40. The van der Waals surface area contributed by atoms with Crippen molar-refractivity contribution >= 4 is 22.2 Å². The van der Waals surface area contributed by atoms with Gasteiger partial charge in [-0.2, -0.15) is 13.5 Å². The third-order valence-electron chi connectivity index (χ3n) is 3.16. The van der Waals surface area contributed by atoms with Gasteiger partial charge in [0.15, 0.2) is 6.61 Å². The van der Waals surface area contributed by atoms with Gasteiger partial charge in [-0.25, -0.2) is 9.63 Å². The zero-order valence-electron chi connectivity index (χ0n) is 13.8. The summed E-state index contributed by atoms with van der Waals surface area (Å²) in [6, 6.07) is 13.1. The average molecular weight is 362 g/mol. The molecule has 0 aromatic heterocycles. The van der Waals surface area contributed by atoms with Crippen molar-refractivity contribution in [1.29, 1.82) is 0 Å². The standard InChI is InChI=1S/C17H18N2O5S/c1-13-6-8-16(9-7-13)25(21,22)19-18-11-14-4-3-5-15(10-14)24-12-17(20)23-2/h3-11,19H,12H2,1-2H3/b18-11-. The Labute approximate surface area is 146 Å². The summed E-state index contributed by atoms with van der Waals surface area (Å²) in [5.74, 6) is -0.0549. The Balaban J connectivity index is 2.01. The molecule has 132 valence electrons. The molecule has 8 heteroatoms. The largest absolute Gasteiger partial charge is 0.482 e. The van der Waals surface area contributed by atoms with E-state index in [-0.39, 0.29) is 11.5 Å². The Kier molecular flexibility index (Phi) is 6.13. The third kappa shape index (κ3) is 5.61. The summed E-state index contributed by atoms with van der Waals surface area (Å²) in [4.78, 5) is 13.3. The van der Waals surface area contributed by atoms with Crippen LogP contribution in [-0.2, 0) is 19.6 Å². The number of nitrogens with one attached hydrogen (secondary N) is 1. The summed E-state index contributed by atoms with van der Waals surface area (Å²) in [6.07, 6.45) is 1.34. The molecular weight excluding hydrogens is 344 g/mol. The van der Waals surface area contributed by atoms with E-state index in [2.05, 4.69) is 14.7 Å². The lowest BCUT2D eigenvalue weighted by Crippen LogP contribution is -2.18. The van der Waals surface area contributed by atoms with Crippen molar-refractivity contribution in [3.05, 3.63) is 59.7 Å². The van der Waals surface area contributed by atoms with Gasteiger partial charge in [-0.15, -0.1) is 0 Å². The Hall–Kier alpha value is -2.87. The second kappa shape index (κ2) is 8.29. The highest BCUT2D eigenvalue weighted by atomic mass is 32.2. The van der Waals surface area contributed by atoms with Crippen LogP contribution in [0.1, 0.15) is 11.1 Å². The molecule has 0 atom stereocenters. The van der Waals surface area contributed by atoms with Crippen LogP contribution in [0.3, 0.4) is 0 Å². The molecule has 0 bridgehead atoms. The van der Waals surface area contributed by atoms with Crippen LogP contribution < -0.4 is 9.57 Å². The van der Waals surface area contributed by atoms with Gasteiger partial charge in [0.05, 0.1) is 18.2 Å². The number of hydrazone groups is 1. The van der Waals surface area contributed by atoms with E-state index in [4.69, 9.17) is 4.74 Å². The monoisotopic (exact) mass is 362 g/mol. The number of esters is 1. The number of ether oxygens (including phenoxy) is 2. The smallest absolute Gasteiger partial charge is 0.343 e. The first-order valence-electron chi connectivity index (χ1n) is 7.32. The lowest BCUT2D eigenvalue weighted by molar-refractivity contribution is -0.142. The van der Waals surface area contributed by atoms with Crippen molar-refractivity contribution in [2.75, 3.05) is 13.7 Å². The Morgan fingerprint density at radius 2 is 1.92 bits per heavy atom. The van der Waals surface area contributed by atoms with E-state index >= 15 is 0 Å². The molecule has 7 nitrogen and oxygen atoms in total. The number of hydrogen-bond acceptors (Lipinski definition) is 6. The van der Waals surface area contributed by atoms with Gasteiger partial charge >= 0.3 is 5.97 Å². The number of rotatable bonds is 7. The van der Waals surface area contributed by atoms with E-state index < -0.39 is 16.0 Å². The van der Waals surface area contributed by atoms with E-state index in [1.807, 2.05) is 6.92 Å². The second-order valence-corrected chi connectivity index (χ2v) is 6.76. The van der Waals surface area contributed by atoms with E-state index in [9.17, 15) is 13.2 Å². The zero-order chi connectivity index (χ0) is 18.3. The number of benzene rings is 2. The first kappa shape index (κ1) is 18.5. The molecule has 0 aliphatic carbocycles. The van der Waals surface area contributed by atoms with E-state index in [1.54, 1.807) is 36.4 Å². The minimum absolute atomic E-state index is 0.130. The summed E-state index contributed by atoms with van der Waals surface area (Å²) in [5, 5.41) is 3.75. The molecule has 1 N–H and O–H groups in total. The molecule has 0 unspecified atom stereocenters. The van der Waals surface area contributed by atoms with Crippen LogP contribution in [0.5, 0.6) is 5.75 Å². The fourth-order valence-corrected chi connectivity index (χ4v) is 2.62. The highest BCUT2D eigenvalue weighted by Crippen LogP contribution is 2.12. The first-order valence-corrected chi connectivity index (χ1v) is 8.80. The van der Waals surface area contributed by atoms with Crippen LogP contribution in [-0.4, -0.2) is 34.3 Å². The van der Waals surface area contributed by atoms with Crippen molar-refractivity contribution in [2.24, 2.45) is 5.10 Å². The number of methoxy groups -OCH3 is 1. The second-order valence-electron chi connectivity index (χ2n) is 5.10. The molecule has 2 aromatic rings. The van der Waals surface area contributed by atoms with Gasteiger partial charge < -0.3 is 9.47 Å². The highest BCUT2D eigenvalue weighted by molar-refractivity contribution is 7.89. The summed E-state index contributed by atoms with van der Waals surface area (Å²) in [7, 11) is -2.45.